The first kappa shape index (κ1) is 17.1. The SMILES string of the molecule is CC12CCC(C(=O)Nc3cc([N+](=O)[O-])ccc3Br)(CC1=O)C2(C)C. The van der Waals surface area contributed by atoms with Crippen molar-refractivity contribution in [2.45, 2.75) is 40.0 Å². The molecule has 0 saturated heterocycles. The number of nitrogens with one attached hydrogen (secondary N) is 1. The smallest absolute Gasteiger partial charge is 0.271 e. The fraction of sp³-hybridized carbons (Fsp3) is 0.529. The van der Waals surface area contributed by atoms with Gasteiger partial charge in [0.05, 0.1) is 16.0 Å². The zero-order valence-corrected chi connectivity index (χ0v) is 15.4. The van der Waals surface area contributed by atoms with Crippen molar-refractivity contribution in [3.05, 3.63) is 32.8 Å². The lowest BCUT2D eigenvalue weighted by Crippen LogP contribution is -2.43. The summed E-state index contributed by atoms with van der Waals surface area (Å²) >= 11 is 3.31. The Morgan fingerprint density at radius 3 is 2.46 bits per heavy atom. The Morgan fingerprint density at radius 2 is 1.96 bits per heavy atom. The number of hydrogen-bond donors (Lipinski definition) is 1. The normalized spacial score (nSPS) is 30.4. The maximum Gasteiger partial charge on any atom is 0.271 e. The van der Waals surface area contributed by atoms with Crippen LogP contribution in [0.3, 0.4) is 0 Å². The molecule has 2 atom stereocenters. The summed E-state index contributed by atoms with van der Waals surface area (Å²) in [4.78, 5) is 36.0. The van der Waals surface area contributed by atoms with Crippen LogP contribution in [-0.2, 0) is 9.59 Å². The van der Waals surface area contributed by atoms with Gasteiger partial charge in [0.25, 0.3) is 5.69 Å². The Morgan fingerprint density at radius 1 is 1.29 bits per heavy atom. The number of benzene rings is 1. The average Bonchev–Trinajstić information content (AvgIpc) is 2.79. The minimum absolute atomic E-state index is 0.0935. The van der Waals surface area contributed by atoms with E-state index in [0.717, 1.165) is 0 Å². The third-order valence-electron chi connectivity index (χ3n) is 6.55. The van der Waals surface area contributed by atoms with Crippen LogP contribution in [0.4, 0.5) is 11.4 Å². The number of amides is 1. The van der Waals surface area contributed by atoms with Crippen molar-refractivity contribution in [3.63, 3.8) is 0 Å². The van der Waals surface area contributed by atoms with E-state index in [1.54, 1.807) is 0 Å². The molecule has 1 aromatic rings. The van der Waals surface area contributed by atoms with Crippen LogP contribution < -0.4 is 5.32 Å². The third kappa shape index (κ3) is 2.00. The van der Waals surface area contributed by atoms with Gasteiger partial charge in [-0.2, -0.15) is 0 Å². The molecule has 2 bridgehead atoms. The summed E-state index contributed by atoms with van der Waals surface area (Å²) in [7, 11) is 0. The topological polar surface area (TPSA) is 89.3 Å². The van der Waals surface area contributed by atoms with Crippen molar-refractivity contribution in [1.82, 2.24) is 0 Å². The zero-order valence-electron chi connectivity index (χ0n) is 13.8. The molecule has 1 amide bonds. The van der Waals surface area contributed by atoms with E-state index < -0.39 is 21.2 Å². The number of nitro groups is 1. The quantitative estimate of drug-likeness (QED) is 0.617. The maximum absolute atomic E-state index is 13.1. The lowest BCUT2D eigenvalue weighted by Gasteiger charge is -2.38. The van der Waals surface area contributed by atoms with Gasteiger partial charge in [0.1, 0.15) is 5.78 Å². The number of nitrogens with zero attached hydrogens (tertiary/aromatic N) is 1. The second kappa shape index (κ2) is 5.12. The molecular formula is C17H19BrN2O4. The Balaban J connectivity index is 1.96. The van der Waals surface area contributed by atoms with Crippen LogP contribution in [-0.4, -0.2) is 16.6 Å². The molecule has 7 heteroatoms. The van der Waals surface area contributed by atoms with Crippen molar-refractivity contribution in [2.24, 2.45) is 16.2 Å². The standard InChI is InChI=1S/C17H19BrN2O4/c1-15(2)16(3)6-7-17(15,9-13(16)21)14(22)19-12-8-10(20(23)24)4-5-11(12)18/h4-5,8H,6-7,9H2,1-3H3,(H,19,22). The van der Waals surface area contributed by atoms with E-state index in [0.29, 0.717) is 23.0 Å². The average molecular weight is 395 g/mol. The fourth-order valence-corrected chi connectivity index (χ4v) is 4.67. The Hall–Kier alpha value is -1.76. The summed E-state index contributed by atoms with van der Waals surface area (Å²) in [5.74, 6) is -0.102. The van der Waals surface area contributed by atoms with Crippen LogP contribution in [0.2, 0.25) is 0 Å². The van der Waals surface area contributed by atoms with Crippen LogP contribution in [0, 0.1) is 26.4 Å². The summed E-state index contributed by atoms with van der Waals surface area (Å²) in [5, 5.41) is 13.8. The van der Waals surface area contributed by atoms with Gasteiger partial charge in [0.15, 0.2) is 0 Å². The molecule has 2 aliphatic carbocycles. The molecule has 6 nitrogen and oxygen atoms in total. The highest BCUT2D eigenvalue weighted by Crippen LogP contribution is 2.70. The first-order chi connectivity index (χ1) is 11.0. The Bertz CT molecular complexity index is 776. The number of ketones is 1. The van der Waals surface area contributed by atoms with Gasteiger partial charge >= 0.3 is 0 Å². The number of hydrogen-bond acceptors (Lipinski definition) is 4. The number of Topliss-reactive ketones (excluding diaryl/α,β-unsaturated/α-hetero) is 1. The van der Waals surface area contributed by atoms with Crippen LogP contribution >= 0.6 is 15.9 Å². The molecule has 2 fully saturated rings. The van der Waals surface area contributed by atoms with Gasteiger partial charge in [-0.3, -0.25) is 19.7 Å². The predicted octanol–water partition coefficient (Wildman–Crippen LogP) is 4.08. The van der Waals surface area contributed by atoms with E-state index in [4.69, 9.17) is 0 Å². The van der Waals surface area contributed by atoms with Crippen molar-refractivity contribution < 1.29 is 14.5 Å². The predicted molar refractivity (Wildman–Crippen MR) is 92.6 cm³/mol. The minimum atomic E-state index is -0.761. The van der Waals surface area contributed by atoms with Gasteiger partial charge < -0.3 is 5.32 Å². The number of non-ortho nitro benzene ring substituents is 1. The lowest BCUT2D eigenvalue weighted by atomic mass is 9.64. The minimum Gasteiger partial charge on any atom is -0.324 e. The molecule has 1 N–H and O–H groups in total. The second-order valence-corrected chi connectivity index (χ2v) is 8.37. The maximum atomic E-state index is 13.1. The van der Waals surface area contributed by atoms with Gasteiger partial charge in [-0.05, 0) is 40.3 Å². The monoisotopic (exact) mass is 394 g/mol. The molecule has 2 unspecified atom stereocenters. The highest BCUT2D eigenvalue weighted by Gasteiger charge is 2.72. The van der Waals surface area contributed by atoms with E-state index in [1.165, 1.54) is 18.2 Å². The van der Waals surface area contributed by atoms with E-state index in [2.05, 4.69) is 21.2 Å². The summed E-state index contributed by atoms with van der Waals surface area (Å²) in [6.45, 7) is 5.90. The third-order valence-corrected chi connectivity index (χ3v) is 7.24. The highest BCUT2D eigenvalue weighted by molar-refractivity contribution is 9.10. The molecule has 2 saturated carbocycles. The molecule has 1 aromatic carbocycles. The van der Waals surface area contributed by atoms with Gasteiger partial charge in [0.2, 0.25) is 5.91 Å². The summed E-state index contributed by atoms with van der Waals surface area (Å²) < 4.78 is 0.570. The van der Waals surface area contributed by atoms with Crippen LogP contribution in [0.5, 0.6) is 0 Å². The molecular weight excluding hydrogens is 376 g/mol. The zero-order chi connectivity index (χ0) is 17.9. The van der Waals surface area contributed by atoms with E-state index in [-0.39, 0.29) is 23.8 Å². The highest BCUT2D eigenvalue weighted by atomic mass is 79.9. The Labute approximate surface area is 148 Å². The van der Waals surface area contributed by atoms with E-state index in [1.807, 2.05) is 20.8 Å². The first-order valence-electron chi connectivity index (χ1n) is 7.84. The number of carbonyl (C=O) groups is 2. The molecule has 2 aliphatic rings. The number of anilines is 1. The number of fused-ring (bicyclic) bond motifs is 2. The molecule has 3 rings (SSSR count). The number of rotatable bonds is 3. The van der Waals surface area contributed by atoms with Crippen molar-refractivity contribution in [2.75, 3.05) is 5.32 Å². The van der Waals surface area contributed by atoms with Crippen LogP contribution in [0.25, 0.3) is 0 Å². The second-order valence-electron chi connectivity index (χ2n) is 7.51. The molecule has 0 aliphatic heterocycles. The molecule has 0 spiro atoms. The van der Waals surface area contributed by atoms with Gasteiger partial charge in [-0.1, -0.05) is 20.8 Å². The summed E-state index contributed by atoms with van der Waals surface area (Å²) in [6, 6.07) is 4.24. The molecule has 0 heterocycles. The lowest BCUT2D eigenvalue weighted by molar-refractivity contribution is -0.384. The fourth-order valence-electron chi connectivity index (χ4n) is 4.33. The number of halogens is 1. The van der Waals surface area contributed by atoms with Crippen LogP contribution in [0.1, 0.15) is 40.0 Å². The molecule has 0 aromatic heterocycles. The van der Waals surface area contributed by atoms with Gasteiger partial charge in [-0.25, -0.2) is 0 Å². The largest absolute Gasteiger partial charge is 0.324 e. The number of carbonyl (C=O) groups excluding carboxylic acids is 2. The summed E-state index contributed by atoms with van der Waals surface area (Å²) in [6.07, 6.45) is 1.58. The van der Waals surface area contributed by atoms with E-state index in [9.17, 15) is 19.7 Å². The van der Waals surface area contributed by atoms with Gasteiger partial charge in [0, 0.05) is 28.4 Å². The molecule has 0 radical (unpaired) electrons. The summed E-state index contributed by atoms with van der Waals surface area (Å²) in [5.41, 5.74) is -1.43. The van der Waals surface area contributed by atoms with E-state index >= 15 is 0 Å². The molecule has 128 valence electrons. The van der Waals surface area contributed by atoms with Gasteiger partial charge in [-0.15, -0.1) is 0 Å². The first-order valence-corrected chi connectivity index (χ1v) is 8.63. The van der Waals surface area contributed by atoms with Crippen molar-refractivity contribution in [3.8, 4) is 0 Å². The Kier molecular flexibility index (Phi) is 3.64. The number of nitro benzene ring substituents is 1. The molecule has 24 heavy (non-hydrogen) atoms. The van der Waals surface area contributed by atoms with Crippen molar-refractivity contribution >= 4 is 39.0 Å². The van der Waals surface area contributed by atoms with Crippen LogP contribution in [0.15, 0.2) is 22.7 Å². The van der Waals surface area contributed by atoms with Crippen molar-refractivity contribution in [1.29, 1.82) is 0 Å².